The van der Waals surface area contributed by atoms with Crippen molar-refractivity contribution in [2.75, 3.05) is 0 Å². The van der Waals surface area contributed by atoms with Gasteiger partial charge in [0.05, 0.1) is 9.89 Å². The van der Waals surface area contributed by atoms with Gasteiger partial charge < -0.3 is 5.11 Å². The van der Waals surface area contributed by atoms with E-state index in [-0.39, 0.29) is 17.3 Å². The minimum atomic E-state index is -0.345. The van der Waals surface area contributed by atoms with E-state index in [4.69, 9.17) is 0 Å². The summed E-state index contributed by atoms with van der Waals surface area (Å²) in [5.41, 5.74) is 2.59. The summed E-state index contributed by atoms with van der Waals surface area (Å²) in [4.78, 5) is 13.7. The predicted octanol–water partition coefficient (Wildman–Crippen LogP) is 4.73. The Hall–Kier alpha value is -0.710. The molecular weight excluding hydrogens is 348 g/mol. The van der Waals surface area contributed by atoms with Crippen LogP contribution >= 0.6 is 27.3 Å². The molecule has 2 aliphatic rings. The summed E-state index contributed by atoms with van der Waals surface area (Å²) in [5, 5.41) is 10.5. The summed E-state index contributed by atoms with van der Waals surface area (Å²) < 4.78 is 1.06. The molecule has 2 nitrogen and oxygen atoms in total. The molecule has 0 radical (unpaired) electrons. The zero-order chi connectivity index (χ0) is 15.2. The third-order valence-electron chi connectivity index (χ3n) is 4.88. The Morgan fingerprint density at radius 1 is 1.48 bits per heavy atom. The first-order valence-electron chi connectivity index (χ1n) is 7.31. The second-order valence-corrected chi connectivity index (χ2v) is 8.74. The van der Waals surface area contributed by atoms with Gasteiger partial charge in [0.15, 0.2) is 5.78 Å². The fourth-order valence-corrected chi connectivity index (χ4v) is 5.06. The Morgan fingerprint density at radius 3 is 2.90 bits per heavy atom. The molecule has 0 aromatic carbocycles. The van der Waals surface area contributed by atoms with E-state index in [9.17, 15) is 9.90 Å². The number of hydrogen-bond donors (Lipinski definition) is 1. The molecule has 3 rings (SSSR count). The molecule has 21 heavy (non-hydrogen) atoms. The maximum absolute atomic E-state index is 12.6. The van der Waals surface area contributed by atoms with Crippen LogP contribution in [0.1, 0.15) is 44.4 Å². The van der Waals surface area contributed by atoms with Crippen LogP contribution in [0, 0.1) is 5.41 Å². The Bertz CT molecular complexity index is 656. The van der Waals surface area contributed by atoms with Crippen molar-refractivity contribution in [3.8, 4) is 0 Å². The number of rotatable bonds is 1. The molecule has 112 valence electrons. The van der Waals surface area contributed by atoms with Crippen molar-refractivity contribution in [2.24, 2.45) is 5.41 Å². The molecule has 1 aromatic rings. The zero-order valence-electron chi connectivity index (χ0n) is 12.3. The smallest absolute Gasteiger partial charge is 0.184 e. The lowest BCUT2D eigenvalue weighted by atomic mass is 9.61. The molecule has 0 aliphatic heterocycles. The summed E-state index contributed by atoms with van der Waals surface area (Å²) in [6, 6.07) is 4.01. The molecule has 0 unspecified atom stereocenters. The minimum Gasteiger partial charge on any atom is -0.392 e. The first-order chi connectivity index (χ1) is 9.91. The van der Waals surface area contributed by atoms with Gasteiger partial charge in [-0.3, -0.25) is 4.79 Å². The highest BCUT2D eigenvalue weighted by Gasteiger charge is 2.45. The molecule has 1 aromatic heterocycles. The van der Waals surface area contributed by atoms with E-state index in [1.54, 1.807) is 11.3 Å². The summed E-state index contributed by atoms with van der Waals surface area (Å²) >= 11 is 5.08. The lowest BCUT2D eigenvalue weighted by Gasteiger charge is -2.45. The van der Waals surface area contributed by atoms with E-state index in [1.807, 2.05) is 25.1 Å². The van der Waals surface area contributed by atoms with Crippen molar-refractivity contribution >= 4 is 39.1 Å². The number of fused-ring (bicyclic) bond motifs is 1. The largest absolute Gasteiger partial charge is 0.392 e. The Labute approximate surface area is 137 Å². The molecule has 0 amide bonds. The molecule has 1 N–H and O–H groups in total. The molecule has 4 heteroatoms. The van der Waals surface area contributed by atoms with Gasteiger partial charge in [-0.1, -0.05) is 12.5 Å². The van der Waals surface area contributed by atoms with Gasteiger partial charge in [-0.2, -0.15) is 0 Å². The average molecular weight is 367 g/mol. The van der Waals surface area contributed by atoms with E-state index in [0.717, 1.165) is 39.1 Å². The molecule has 1 saturated carbocycles. The van der Waals surface area contributed by atoms with Gasteiger partial charge in [-0.25, -0.2) is 0 Å². The number of carbonyl (C=O) groups is 1. The van der Waals surface area contributed by atoms with Crippen LogP contribution < -0.4 is 0 Å². The van der Waals surface area contributed by atoms with Crippen LogP contribution in [0.3, 0.4) is 0 Å². The highest BCUT2D eigenvalue weighted by Crippen LogP contribution is 2.50. The number of aliphatic hydroxyl groups is 1. The standard InChI is InChI=1S/C17H19BrO2S/c1-10-13-4-3-5-14(19)17(13,2)9-11(16(10)20)8-12-6-7-15(18)21-12/h6-8,14,19H,3-5,9H2,1-2H3/b11-8+/t14-,17-/m0/s1. The molecule has 2 aliphatic carbocycles. The van der Waals surface area contributed by atoms with Gasteiger partial charge >= 0.3 is 0 Å². The monoisotopic (exact) mass is 366 g/mol. The van der Waals surface area contributed by atoms with Gasteiger partial charge in [-0.05, 0) is 72.3 Å². The number of ketones is 1. The topological polar surface area (TPSA) is 37.3 Å². The fraction of sp³-hybridized carbons (Fsp3) is 0.471. The number of halogens is 1. The maximum Gasteiger partial charge on any atom is 0.184 e. The molecule has 2 atom stereocenters. The van der Waals surface area contributed by atoms with E-state index in [0.29, 0.717) is 6.42 Å². The molecule has 0 bridgehead atoms. The molecule has 1 heterocycles. The van der Waals surface area contributed by atoms with Gasteiger partial charge in [0, 0.05) is 15.9 Å². The van der Waals surface area contributed by atoms with Crippen LogP contribution in [0.25, 0.3) is 6.08 Å². The lowest BCUT2D eigenvalue weighted by Crippen LogP contribution is -2.42. The average Bonchev–Trinajstić information content (AvgIpc) is 2.84. The van der Waals surface area contributed by atoms with Gasteiger partial charge in [0.2, 0.25) is 0 Å². The SMILES string of the molecule is CC1=C2CCC[C@H](O)[C@@]2(C)C/C(=C\c2ccc(Br)s2)C1=O. The predicted molar refractivity (Wildman–Crippen MR) is 90.3 cm³/mol. The van der Waals surface area contributed by atoms with Crippen molar-refractivity contribution in [1.29, 1.82) is 0 Å². The quantitative estimate of drug-likeness (QED) is 0.729. The van der Waals surface area contributed by atoms with Gasteiger partial charge in [0.25, 0.3) is 0 Å². The van der Waals surface area contributed by atoms with Crippen LogP contribution in [0.2, 0.25) is 0 Å². The number of Topliss-reactive ketones (excluding diaryl/α,β-unsaturated/α-hetero) is 1. The van der Waals surface area contributed by atoms with Gasteiger partial charge in [-0.15, -0.1) is 11.3 Å². The van der Waals surface area contributed by atoms with E-state index in [2.05, 4.69) is 22.9 Å². The second-order valence-electron chi connectivity index (χ2n) is 6.25. The van der Waals surface area contributed by atoms with Crippen molar-refractivity contribution in [1.82, 2.24) is 0 Å². The van der Waals surface area contributed by atoms with Gasteiger partial charge in [0.1, 0.15) is 0 Å². The Morgan fingerprint density at radius 2 is 2.24 bits per heavy atom. The first-order valence-corrected chi connectivity index (χ1v) is 8.91. The van der Waals surface area contributed by atoms with E-state index >= 15 is 0 Å². The summed E-state index contributed by atoms with van der Waals surface area (Å²) in [6.07, 6.45) is 5.05. The number of aliphatic hydroxyl groups excluding tert-OH is 1. The highest BCUT2D eigenvalue weighted by atomic mass is 79.9. The fourth-order valence-electron chi connectivity index (χ4n) is 3.67. The summed E-state index contributed by atoms with van der Waals surface area (Å²) in [5.74, 6) is 0.154. The zero-order valence-corrected chi connectivity index (χ0v) is 14.7. The molecule has 1 fully saturated rings. The molecule has 0 saturated heterocycles. The van der Waals surface area contributed by atoms with Crippen molar-refractivity contribution in [3.63, 3.8) is 0 Å². The van der Waals surface area contributed by atoms with Crippen LogP contribution in [0.5, 0.6) is 0 Å². The van der Waals surface area contributed by atoms with Crippen molar-refractivity contribution in [2.45, 2.75) is 45.6 Å². The number of carbonyl (C=O) groups excluding carboxylic acids is 1. The van der Waals surface area contributed by atoms with Crippen LogP contribution in [-0.2, 0) is 4.79 Å². The Balaban J connectivity index is 2.04. The maximum atomic E-state index is 12.6. The number of hydrogen-bond acceptors (Lipinski definition) is 3. The van der Waals surface area contributed by atoms with Crippen LogP contribution in [0.4, 0.5) is 0 Å². The summed E-state index contributed by atoms with van der Waals surface area (Å²) in [7, 11) is 0. The first kappa shape index (κ1) is 15.2. The highest BCUT2D eigenvalue weighted by molar-refractivity contribution is 9.11. The second kappa shape index (κ2) is 5.49. The molecular formula is C17H19BrO2S. The molecule has 0 spiro atoms. The number of allylic oxidation sites excluding steroid dienone is 2. The van der Waals surface area contributed by atoms with Crippen molar-refractivity contribution < 1.29 is 9.90 Å². The minimum absolute atomic E-state index is 0.154. The van der Waals surface area contributed by atoms with Crippen molar-refractivity contribution in [3.05, 3.63) is 37.5 Å². The number of thiophene rings is 1. The Kier molecular flexibility index (Phi) is 3.97. The lowest BCUT2D eigenvalue weighted by molar-refractivity contribution is -0.113. The van der Waals surface area contributed by atoms with E-state index in [1.165, 1.54) is 5.57 Å². The summed E-state index contributed by atoms with van der Waals surface area (Å²) in [6.45, 7) is 4.03. The van der Waals surface area contributed by atoms with Crippen LogP contribution in [0.15, 0.2) is 32.6 Å². The normalized spacial score (nSPS) is 31.7. The third kappa shape index (κ3) is 2.58. The van der Waals surface area contributed by atoms with E-state index < -0.39 is 0 Å². The van der Waals surface area contributed by atoms with Crippen LogP contribution in [-0.4, -0.2) is 17.0 Å². The third-order valence-corrected chi connectivity index (χ3v) is 6.45.